The van der Waals surface area contributed by atoms with E-state index in [4.69, 9.17) is 4.74 Å². The fraction of sp³-hybridized carbons (Fsp3) is 0.200. The molecule has 0 atom stereocenters. The first-order valence-electron chi connectivity index (χ1n) is 6.36. The van der Waals surface area contributed by atoms with E-state index >= 15 is 0 Å². The minimum Gasteiger partial charge on any atom is -0.489 e. The molecule has 3 rings (SSSR count). The molecule has 0 amide bonds. The van der Waals surface area contributed by atoms with E-state index in [2.05, 4.69) is 26.2 Å². The Morgan fingerprint density at radius 2 is 2.30 bits per heavy atom. The van der Waals surface area contributed by atoms with E-state index in [0.29, 0.717) is 24.3 Å². The van der Waals surface area contributed by atoms with Gasteiger partial charge in [0.15, 0.2) is 11.5 Å². The van der Waals surface area contributed by atoms with Crippen molar-refractivity contribution in [2.24, 2.45) is 0 Å². The molecule has 0 saturated carbocycles. The molecule has 1 aromatic heterocycles. The summed E-state index contributed by atoms with van der Waals surface area (Å²) in [7, 11) is 0. The number of fused-ring (bicyclic) bond motifs is 1. The van der Waals surface area contributed by atoms with Crippen LogP contribution in [0.4, 0.5) is 5.69 Å². The van der Waals surface area contributed by atoms with Gasteiger partial charge in [0.05, 0.1) is 11.3 Å². The van der Waals surface area contributed by atoms with Gasteiger partial charge in [-0.25, -0.2) is 0 Å². The van der Waals surface area contributed by atoms with Crippen LogP contribution in [0.2, 0.25) is 0 Å². The number of nitrogens with one attached hydrogen (secondary N) is 1. The molecule has 1 N–H and O–H groups in total. The van der Waals surface area contributed by atoms with Crippen LogP contribution < -0.4 is 10.1 Å². The Hall–Kier alpha value is -1.88. The van der Waals surface area contributed by atoms with E-state index in [1.165, 1.54) is 0 Å². The molecule has 1 aliphatic rings. The van der Waals surface area contributed by atoms with Crippen LogP contribution in [0.15, 0.2) is 41.1 Å². The Bertz CT molecular complexity index is 658. The largest absolute Gasteiger partial charge is 0.489 e. The van der Waals surface area contributed by atoms with E-state index in [9.17, 15) is 4.79 Å². The van der Waals surface area contributed by atoms with Crippen molar-refractivity contribution in [3.63, 3.8) is 0 Å². The third-order valence-electron chi connectivity index (χ3n) is 3.11. The fourth-order valence-corrected chi connectivity index (χ4v) is 2.64. The van der Waals surface area contributed by atoms with Crippen molar-refractivity contribution in [3.8, 4) is 5.75 Å². The summed E-state index contributed by atoms with van der Waals surface area (Å²) in [5.74, 6) is 0.692. The van der Waals surface area contributed by atoms with Crippen molar-refractivity contribution in [3.05, 3.63) is 52.3 Å². The summed E-state index contributed by atoms with van der Waals surface area (Å²) in [6.07, 6.45) is 3.72. The van der Waals surface area contributed by atoms with Gasteiger partial charge < -0.3 is 10.1 Å². The number of Topliss-reactive ketones (excluding diaryl/α,β-unsaturated/α-hetero) is 1. The zero-order valence-electron chi connectivity index (χ0n) is 10.7. The molecule has 2 heterocycles. The van der Waals surface area contributed by atoms with Gasteiger partial charge in [0.25, 0.3) is 0 Å². The van der Waals surface area contributed by atoms with Crippen molar-refractivity contribution in [1.29, 1.82) is 0 Å². The highest BCUT2D eigenvalue weighted by Gasteiger charge is 2.19. The Balaban J connectivity index is 1.88. The third kappa shape index (κ3) is 2.67. The summed E-state index contributed by atoms with van der Waals surface area (Å²) in [5.41, 5.74) is 2.38. The number of pyridine rings is 1. The Morgan fingerprint density at radius 3 is 3.15 bits per heavy atom. The van der Waals surface area contributed by atoms with Crippen molar-refractivity contribution in [1.82, 2.24) is 4.98 Å². The molecule has 1 aliphatic heterocycles. The first-order chi connectivity index (χ1) is 9.74. The van der Waals surface area contributed by atoms with Gasteiger partial charge in [0, 0.05) is 29.8 Å². The van der Waals surface area contributed by atoms with Gasteiger partial charge in [-0.3, -0.25) is 9.78 Å². The standard InChI is InChI=1S/C15H13BrN2O2/c16-11-6-10(8-17-9-11)7-14(19)12-2-1-3-13-15(12)20-5-4-18-13/h1-3,6,8-9,18H,4-5,7H2. The number of carbonyl (C=O) groups is 1. The quantitative estimate of drug-likeness (QED) is 0.877. The predicted molar refractivity (Wildman–Crippen MR) is 80.4 cm³/mol. The zero-order valence-corrected chi connectivity index (χ0v) is 12.3. The summed E-state index contributed by atoms with van der Waals surface area (Å²) in [5, 5.41) is 3.23. The van der Waals surface area contributed by atoms with E-state index in [0.717, 1.165) is 22.3 Å². The molecule has 0 fully saturated rings. The maximum Gasteiger partial charge on any atom is 0.171 e. The van der Waals surface area contributed by atoms with Gasteiger partial charge in [0.1, 0.15) is 6.61 Å². The molecular formula is C15H13BrN2O2. The third-order valence-corrected chi connectivity index (χ3v) is 3.54. The average Bonchev–Trinajstić information content (AvgIpc) is 2.46. The Morgan fingerprint density at radius 1 is 1.40 bits per heavy atom. The topological polar surface area (TPSA) is 51.2 Å². The minimum atomic E-state index is 0.0328. The molecule has 0 radical (unpaired) electrons. The molecule has 0 unspecified atom stereocenters. The monoisotopic (exact) mass is 332 g/mol. The van der Waals surface area contributed by atoms with Crippen LogP contribution in [0.25, 0.3) is 0 Å². The smallest absolute Gasteiger partial charge is 0.171 e. The summed E-state index contributed by atoms with van der Waals surface area (Å²) in [6, 6.07) is 7.50. The van der Waals surface area contributed by atoms with Crippen molar-refractivity contribution < 1.29 is 9.53 Å². The molecule has 5 heteroatoms. The maximum atomic E-state index is 12.4. The van der Waals surface area contributed by atoms with E-state index < -0.39 is 0 Å². The fourth-order valence-electron chi connectivity index (χ4n) is 2.22. The number of carbonyl (C=O) groups excluding carboxylic acids is 1. The first kappa shape index (κ1) is 13.1. The Kier molecular flexibility index (Phi) is 3.69. The van der Waals surface area contributed by atoms with E-state index in [1.54, 1.807) is 18.5 Å². The summed E-state index contributed by atoms with van der Waals surface area (Å²) in [4.78, 5) is 16.5. The van der Waals surface area contributed by atoms with Gasteiger partial charge in [-0.2, -0.15) is 0 Å². The zero-order chi connectivity index (χ0) is 13.9. The lowest BCUT2D eigenvalue weighted by Crippen LogP contribution is -2.20. The minimum absolute atomic E-state index is 0.0328. The second-order valence-electron chi connectivity index (χ2n) is 4.57. The van der Waals surface area contributed by atoms with Crippen molar-refractivity contribution >= 4 is 27.4 Å². The van der Waals surface area contributed by atoms with Crippen molar-refractivity contribution in [2.45, 2.75) is 6.42 Å². The number of aromatic nitrogens is 1. The molecule has 0 bridgehead atoms. The van der Waals surface area contributed by atoms with Crippen LogP contribution in [-0.4, -0.2) is 23.9 Å². The van der Waals surface area contributed by atoms with Crippen LogP contribution in [0.3, 0.4) is 0 Å². The Labute approximate surface area is 125 Å². The molecule has 102 valence electrons. The van der Waals surface area contributed by atoms with Crippen LogP contribution in [0, 0.1) is 0 Å². The second-order valence-corrected chi connectivity index (χ2v) is 5.48. The number of ether oxygens (including phenoxy) is 1. The molecule has 0 aliphatic carbocycles. The molecule has 1 aromatic carbocycles. The van der Waals surface area contributed by atoms with E-state index in [-0.39, 0.29) is 5.78 Å². The maximum absolute atomic E-state index is 12.4. The van der Waals surface area contributed by atoms with Gasteiger partial charge in [0.2, 0.25) is 0 Å². The molecular weight excluding hydrogens is 320 g/mol. The predicted octanol–water partition coefficient (Wildman–Crippen LogP) is 3.07. The first-order valence-corrected chi connectivity index (χ1v) is 7.15. The molecule has 4 nitrogen and oxygen atoms in total. The number of ketones is 1. The van der Waals surface area contributed by atoms with Crippen molar-refractivity contribution in [2.75, 3.05) is 18.5 Å². The van der Waals surface area contributed by atoms with Crippen LogP contribution >= 0.6 is 15.9 Å². The van der Waals surface area contributed by atoms with Gasteiger partial charge in [-0.15, -0.1) is 0 Å². The normalized spacial score (nSPS) is 13.1. The number of para-hydroxylation sites is 1. The average molecular weight is 333 g/mol. The lowest BCUT2D eigenvalue weighted by Gasteiger charge is -2.21. The number of halogens is 1. The SMILES string of the molecule is O=C(Cc1cncc(Br)c1)c1cccc2c1OCCN2. The number of hydrogen-bond donors (Lipinski definition) is 1. The van der Waals surface area contributed by atoms with Crippen LogP contribution in [-0.2, 0) is 6.42 Å². The molecule has 2 aromatic rings. The lowest BCUT2D eigenvalue weighted by atomic mass is 10.0. The van der Waals surface area contributed by atoms with Gasteiger partial charge in [-0.05, 0) is 39.7 Å². The van der Waals surface area contributed by atoms with Gasteiger partial charge >= 0.3 is 0 Å². The molecule has 20 heavy (non-hydrogen) atoms. The van der Waals surface area contributed by atoms with Crippen LogP contribution in [0.5, 0.6) is 5.75 Å². The lowest BCUT2D eigenvalue weighted by molar-refractivity contribution is 0.0989. The molecule has 0 saturated heterocycles. The highest BCUT2D eigenvalue weighted by molar-refractivity contribution is 9.10. The number of rotatable bonds is 3. The second kappa shape index (κ2) is 5.63. The summed E-state index contributed by atoms with van der Waals surface area (Å²) < 4.78 is 6.50. The van der Waals surface area contributed by atoms with E-state index in [1.807, 2.05) is 18.2 Å². The highest BCUT2D eigenvalue weighted by atomic mass is 79.9. The number of hydrogen-bond acceptors (Lipinski definition) is 4. The van der Waals surface area contributed by atoms with Gasteiger partial charge in [-0.1, -0.05) is 6.07 Å². The summed E-state index contributed by atoms with van der Waals surface area (Å²) in [6.45, 7) is 1.34. The highest BCUT2D eigenvalue weighted by Crippen LogP contribution is 2.32. The number of anilines is 1. The number of benzene rings is 1. The summed E-state index contributed by atoms with van der Waals surface area (Å²) >= 11 is 3.36. The van der Waals surface area contributed by atoms with Crippen LogP contribution in [0.1, 0.15) is 15.9 Å². The number of nitrogens with zero attached hydrogens (tertiary/aromatic N) is 1. The molecule has 0 spiro atoms.